The molecular weight excluding hydrogens is 289 g/mol. The first-order chi connectivity index (χ1) is 9.02. The van der Waals surface area contributed by atoms with Gasteiger partial charge in [0.1, 0.15) is 0 Å². The summed E-state index contributed by atoms with van der Waals surface area (Å²) in [4.78, 5) is 25.6. The highest BCUT2D eigenvalue weighted by Crippen LogP contribution is 2.38. The quantitative estimate of drug-likeness (QED) is 0.748. The van der Waals surface area contributed by atoms with E-state index in [1.165, 1.54) is 12.1 Å². The van der Waals surface area contributed by atoms with Crippen molar-refractivity contribution in [2.24, 2.45) is 10.2 Å². The largest absolute Gasteiger partial charge is 0.274 e. The summed E-state index contributed by atoms with van der Waals surface area (Å²) < 4.78 is 0. The number of imide groups is 1. The van der Waals surface area contributed by atoms with Gasteiger partial charge in [0.2, 0.25) is 5.91 Å². The van der Waals surface area contributed by atoms with Crippen molar-refractivity contribution in [3.8, 4) is 0 Å². The van der Waals surface area contributed by atoms with Crippen LogP contribution < -0.4 is 4.90 Å². The maximum Gasteiger partial charge on any atom is 0.264 e. The molecule has 1 fully saturated rings. The van der Waals surface area contributed by atoms with Gasteiger partial charge in [0.25, 0.3) is 5.91 Å². The number of carbonyl (C=O) groups excluding carboxylic acids is 2. The van der Waals surface area contributed by atoms with E-state index >= 15 is 0 Å². The number of anilines is 1. The average Bonchev–Trinajstić information content (AvgIpc) is 2.85. The first kappa shape index (κ1) is 12.6. The summed E-state index contributed by atoms with van der Waals surface area (Å²) in [6.07, 6.45) is 0.530. The Labute approximate surface area is 119 Å². The topological polar surface area (TPSA) is 62.1 Å². The smallest absolute Gasteiger partial charge is 0.264 e. The molecule has 0 aliphatic carbocycles. The fraction of sp³-hybridized carbons (Fsp3) is 0.333. The summed E-state index contributed by atoms with van der Waals surface area (Å²) >= 11 is 11.8. The van der Waals surface area contributed by atoms with Gasteiger partial charge in [-0.1, -0.05) is 23.2 Å². The Morgan fingerprint density at radius 3 is 2.42 bits per heavy atom. The molecule has 2 amide bonds. The van der Waals surface area contributed by atoms with E-state index in [4.69, 9.17) is 23.2 Å². The lowest BCUT2D eigenvalue weighted by Crippen LogP contribution is -2.38. The van der Waals surface area contributed by atoms with E-state index in [0.717, 1.165) is 4.90 Å². The number of amides is 2. The van der Waals surface area contributed by atoms with Gasteiger partial charge >= 0.3 is 0 Å². The molecule has 1 aromatic carbocycles. The zero-order valence-corrected chi connectivity index (χ0v) is 11.3. The van der Waals surface area contributed by atoms with Gasteiger partial charge < -0.3 is 0 Å². The zero-order valence-electron chi connectivity index (χ0n) is 9.77. The van der Waals surface area contributed by atoms with Crippen LogP contribution in [-0.4, -0.2) is 23.9 Å². The molecule has 0 unspecified atom stereocenters. The molecule has 1 spiro atoms. The molecule has 2 heterocycles. The predicted octanol–water partition coefficient (Wildman–Crippen LogP) is 2.85. The summed E-state index contributed by atoms with van der Waals surface area (Å²) in [6, 6.07) is 4.62. The molecule has 7 heteroatoms. The van der Waals surface area contributed by atoms with Gasteiger partial charge in [0, 0.05) is 16.5 Å². The minimum atomic E-state index is -1.01. The highest BCUT2D eigenvalue weighted by atomic mass is 35.5. The molecule has 0 saturated carbocycles. The van der Waals surface area contributed by atoms with Gasteiger partial charge in [-0.2, -0.15) is 10.2 Å². The second kappa shape index (κ2) is 4.28. The fourth-order valence-electron chi connectivity index (χ4n) is 2.40. The van der Waals surface area contributed by atoms with Crippen LogP contribution in [0, 0.1) is 0 Å². The number of hydrogen-bond donors (Lipinski definition) is 0. The first-order valence-corrected chi connectivity index (χ1v) is 6.50. The van der Waals surface area contributed by atoms with E-state index < -0.39 is 5.54 Å². The Kier molecular flexibility index (Phi) is 2.83. The van der Waals surface area contributed by atoms with E-state index in [2.05, 4.69) is 10.2 Å². The molecule has 0 aromatic heterocycles. The maximum absolute atomic E-state index is 12.4. The van der Waals surface area contributed by atoms with Crippen LogP contribution >= 0.6 is 23.2 Å². The van der Waals surface area contributed by atoms with Crippen LogP contribution in [0.1, 0.15) is 12.8 Å². The highest BCUT2D eigenvalue weighted by Gasteiger charge is 2.54. The number of rotatable bonds is 1. The molecule has 0 bridgehead atoms. The van der Waals surface area contributed by atoms with Crippen LogP contribution in [-0.2, 0) is 9.59 Å². The van der Waals surface area contributed by atoms with Crippen molar-refractivity contribution in [3.05, 3.63) is 28.2 Å². The highest BCUT2D eigenvalue weighted by molar-refractivity contribution is 6.35. The van der Waals surface area contributed by atoms with E-state index in [9.17, 15) is 9.59 Å². The number of carbonyl (C=O) groups is 2. The Bertz CT molecular complexity index is 597. The Morgan fingerprint density at radius 1 is 1.16 bits per heavy atom. The van der Waals surface area contributed by atoms with E-state index in [1.54, 1.807) is 6.07 Å². The number of halogens is 2. The molecule has 2 aliphatic rings. The Balaban J connectivity index is 2.03. The fourth-order valence-corrected chi connectivity index (χ4v) is 2.91. The van der Waals surface area contributed by atoms with Crippen LogP contribution in [0.4, 0.5) is 5.69 Å². The van der Waals surface area contributed by atoms with E-state index in [1.807, 2.05) is 0 Å². The van der Waals surface area contributed by atoms with Crippen molar-refractivity contribution in [2.75, 3.05) is 11.4 Å². The third-order valence-corrected chi connectivity index (χ3v) is 3.72. The van der Waals surface area contributed by atoms with Crippen LogP contribution in [0.2, 0.25) is 10.0 Å². The number of hydrogen-bond acceptors (Lipinski definition) is 4. The third-order valence-electron chi connectivity index (χ3n) is 3.29. The van der Waals surface area contributed by atoms with Gasteiger partial charge in [-0.15, -0.1) is 0 Å². The molecule has 3 rings (SSSR count). The van der Waals surface area contributed by atoms with Crippen molar-refractivity contribution < 1.29 is 9.59 Å². The van der Waals surface area contributed by atoms with Crippen molar-refractivity contribution in [1.82, 2.24) is 0 Å². The molecular formula is C12H9Cl2N3O2. The minimum absolute atomic E-state index is 0.0550. The molecule has 5 nitrogen and oxygen atoms in total. The van der Waals surface area contributed by atoms with Crippen molar-refractivity contribution in [1.29, 1.82) is 0 Å². The second-order valence-corrected chi connectivity index (χ2v) is 5.46. The Morgan fingerprint density at radius 2 is 1.84 bits per heavy atom. The average molecular weight is 298 g/mol. The lowest BCUT2D eigenvalue weighted by molar-refractivity contribution is -0.122. The van der Waals surface area contributed by atoms with Gasteiger partial charge in [0.05, 0.1) is 18.7 Å². The lowest BCUT2D eigenvalue weighted by atomic mass is 9.96. The van der Waals surface area contributed by atoms with Crippen molar-refractivity contribution in [3.63, 3.8) is 0 Å². The Hall–Kier alpha value is -1.46. The van der Waals surface area contributed by atoms with Gasteiger partial charge in [-0.3, -0.25) is 9.59 Å². The SMILES string of the molecule is O=C1C[C@@]2(CCN=N2)C(=O)N1c1cc(Cl)cc(Cl)c1. The number of nitrogens with zero attached hydrogens (tertiary/aromatic N) is 3. The lowest BCUT2D eigenvalue weighted by Gasteiger charge is -2.18. The minimum Gasteiger partial charge on any atom is -0.274 e. The zero-order chi connectivity index (χ0) is 13.6. The number of benzene rings is 1. The maximum atomic E-state index is 12.4. The molecule has 98 valence electrons. The van der Waals surface area contributed by atoms with Crippen LogP contribution in [0.3, 0.4) is 0 Å². The van der Waals surface area contributed by atoms with Crippen molar-refractivity contribution in [2.45, 2.75) is 18.4 Å². The summed E-state index contributed by atoms with van der Waals surface area (Å²) in [7, 11) is 0. The van der Waals surface area contributed by atoms with E-state index in [-0.39, 0.29) is 18.2 Å². The summed E-state index contributed by atoms with van der Waals surface area (Å²) in [5, 5.41) is 8.55. The van der Waals surface area contributed by atoms with Crippen LogP contribution in [0.15, 0.2) is 28.4 Å². The first-order valence-electron chi connectivity index (χ1n) is 5.74. The van der Waals surface area contributed by atoms with E-state index in [0.29, 0.717) is 28.7 Å². The molecule has 0 radical (unpaired) electrons. The number of azo groups is 1. The summed E-state index contributed by atoms with van der Waals surface area (Å²) in [5.74, 6) is -0.652. The molecule has 1 atom stereocenters. The summed E-state index contributed by atoms with van der Waals surface area (Å²) in [5.41, 5.74) is -0.627. The molecule has 0 N–H and O–H groups in total. The van der Waals surface area contributed by atoms with Crippen molar-refractivity contribution >= 4 is 40.7 Å². The van der Waals surface area contributed by atoms with Crippen LogP contribution in [0.25, 0.3) is 0 Å². The molecule has 2 aliphatic heterocycles. The van der Waals surface area contributed by atoms with Gasteiger partial charge in [0.15, 0.2) is 5.54 Å². The molecule has 1 aromatic rings. The summed E-state index contributed by atoms with van der Waals surface area (Å²) in [6.45, 7) is 0.475. The van der Waals surface area contributed by atoms with Gasteiger partial charge in [-0.25, -0.2) is 4.90 Å². The molecule has 1 saturated heterocycles. The standard InChI is InChI=1S/C12H9Cl2N3O2/c13-7-3-8(14)5-9(4-7)17-10(18)6-12(11(17)19)1-2-15-16-12/h3-5H,1-2,6H2/t12-/m0/s1. The molecule has 19 heavy (non-hydrogen) atoms. The van der Waals surface area contributed by atoms with Gasteiger partial charge in [-0.05, 0) is 18.2 Å². The third kappa shape index (κ3) is 1.93. The second-order valence-electron chi connectivity index (χ2n) is 4.59. The normalized spacial score (nSPS) is 25.9. The monoisotopic (exact) mass is 297 g/mol. The predicted molar refractivity (Wildman–Crippen MR) is 70.6 cm³/mol. The van der Waals surface area contributed by atoms with Crippen LogP contribution in [0.5, 0.6) is 0 Å².